The molecule has 0 radical (unpaired) electrons. The minimum Gasteiger partial charge on any atom is -0.464 e. The van der Waals surface area contributed by atoms with E-state index in [1.165, 1.54) is 0 Å². The van der Waals surface area contributed by atoms with Crippen molar-refractivity contribution in [2.75, 3.05) is 5.32 Å². The Balaban J connectivity index is 1.57. The molecule has 120 valence electrons. The molecule has 0 atom stereocenters. The predicted molar refractivity (Wildman–Crippen MR) is 88.8 cm³/mol. The second-order valence-corrected chi connectivity index (χ2v) is 5.46. The summed E-state index contributed by atoms with van der Waals surface area (Å²) in [6.07, 6.45) is 1.63. The van der Waals surface area contributed by atoms with E-state index in [-0.39, 0.29) is 5.91 Å². The van der Waals surface area contributed by atoms with Crippen LogP contribution in [-0.4, -0.2) is 25.9 Å². The number of rotatable bonds is 4. The van der Waals surface area contributed by atoms with Gasteiger partial charge in [0.05, 0.1) is 11.7 Å². The number of fused-ring (bicyclic) bond motifs is 1. The van der Waals surface area contributed by atoms with Gasteiger partial charge in [0.2, 0.25) is 0 Å². The number of H-pyrrole nitrogens is 1. The monoisotopic (exact) mass is 321 g/mol. The first kappa shape index (κ1) is 14.3. The van der Waals surface area contributed by atoms with E-state index in [1.807, 2.05) is 43.3 Å². The zero-order valence-corrected chi connectivity index (χ0v) is 13.0. The second-order valence-electron chi connectivity index (χ2n) is 5.46. The van der Waals surface area contributed by atoms with Crippen LogP contribution in [0.5, 0.6) is 0 Å². The van der Waals surface area contributed by atoms with Crippen molar-refractivity contribution in [1.82, 2.24) is 20.0 Å². The van der Waals surface area contributed by atoms with Gasteiger partial charge in [0.25, 0.3) is 5.91 Å². The number of furan rings is 1. The maximum absolute atomic E-state index is 12.5. The molecule has 0 saturated heterocycles. The van der Waals surface area contributed by atoms with Crippen molar-refractivity contribution in [1.29, 1.82) is 0 Å². The lowest BCUT2D eigenvalue weighted by Crippen LogP contribution is -2.16. The fraction of sp³-hybridized carbons (Fsp3) is 0.118. The second kappa shape index (κ2) is 5.69. The predicted octanol–water partition coefficient (Wildman–Crippen LogP) is 2.96. The summed E-state index contributed by atoms with van der Waals surface area (Å²) >= 11 is 0. The Morgan fingerprint density at radius 1 is 1.25 bits per heavy atom. The Kier molecular flexibility index (Phi) is 3.38. The molecule has 0 aliphatic rings. The van der Waals surface area contributed by atoms with Crippen LogP contribution in [-0.2, 0) is 6.54 Å². The number of aromatic amines is 1. The van der Waals surface area contributed by atoms with Crippen molar-refractivity contribution < 1.29 is 9.21 Å². The third-order valence-electron chi connectivity index (χ3n) is 3.75. The topological polar surface area (TPSA) is 88.7 Å². The largest absolute Gasteiger partial charge is 0.464 e. The van der Waals surface area contributed by atoms with Crippen LogP contribution in [0.25, 0.3) is 10.9 Å². The van der Waals surface area contributed by atoms with Crippen LogP contribution in [0.4, 0.5) is 5.82 Å². The highest BCUT2D eigenvalue weighted by Crippen LogP contribution is 2.18. The summed E-state index contributed by atoms with van der Waals surface area (Å²) in [6.45, 7) is 2.33. The Morgan fingerprint density at radius 3 is 2.96 bits per heavy atom. The molecule has 4 aromatic rings. The molecule has 7 heteroatoms. The highest BCUT2D eigenvalue weighted by atomic mass is 16.3. The van der Waals surface area contributed by atoms with E-state index in [2.05, 4.69) is 20.6 Å². The van der Waals surface area contributed by atoms with Gasteiger partial charge in [0.15, 0.2) is 5.69 Å². The number of nitrogens with zero attached hydrogens (tertiary/aromatic N) is 3. The molecular weight excluding hydrogens is 306 g/mol. The van der Waals surface area contributed by atoms with Crippen molar-refractivity contribution in [2.24, 2.45) is 0 Å². The van der Waals surface area contributed by atoms with Crippen LogP contribution in [0.1, 0.15) is 22.0 Å². The van der Waals surface area contributed by atoms with Crippen molar-refractivity contribution in [2.45, 2.75) is 13.5 Å². The number of carbonyl (C=O) groups excluding carboxylic acids is 1. The molecule has 3 aromatic heterocycles. The third kappa shape index (κ3) is 2.56. The van der Waals surface area contributed by atoms with E-state index in [4.69, 9.17) is 4.42 Å². The Morgan fingerprint density at radius 2 is 2.12 bits per heavy atom. The number of hydrogen-bond acceptors (Lipinski definition) is 4. The standard InChI is InChI=1S/C17H15N5O2/c1-11-6-7-12(24-11)10-22-15(8-9-18-22)19-17(23)16-13-4-2-3-5-14(13)20-21-16/h2-9H,10H2,1H3,(H,19,23)(H,20,21). The molecule has 0 fully saturated rings. The summed E-state index contributed by atoms with van der Waals surface area (Å²) < 4.78 is 7.23. The molecule has 0 bridgehead atoms. The first-order valence-electron chi connectivity index (χ1n) is 7.52. The number of carbonyl (C=O) groups is 1. The molecule has 1 aromatic carbocycles. The van der Waals surface area contributed by atoms with Crippen molar-refractivity contribution in [3.63, 3.8) is 0 Å². The van der Waals surface area contributed by atoms with Crippen LogP contribution in [0, 0.1) is 6.92 Å². The number of amides is 1. The molecule has 0 aliphatic carbocycles. The maximum Gasteiger partial charge on any atom is 0.277 e. The van der Waals surface area contributed by atoms with Gasteiger partial charge in [0.1, 0.15) is 23.9 Å². The van der Waals surface area contributed by atoms with Crippen LogP contribution < -0.4 is 5.32 Å². The van der Waals surface area contributed by atoms with Crippen molar-refractivity contribution >= 4 is 22.6 Å². The van der Waals surface area contributed by atoms with Gasteiger partial charge in [-0.15, -0.1) is 0 Å². The quantitative estimate of drug-likeness (QED) is 0.605. The maximum atomic E-state index is 12.5. The number of nitrogens with one attached hydrogen (secondary N) is 2. The molecule has 0 unspecified atom stereocenters. The molecule has 24 heavy (non-hydrogen) atoms. The summed E-state index contributed by atoms with van der Waals surface area (Å²) in [5.41, 5.74) is 1.18. The van der Waals surface area contributed by atoms with E-state index in [1.54, 1.807) is 16.9 Å². The average Bonchev–Trinajstić information content (AvgIpc) is 3.28. The number of hydrogen-bond donors (Lipinski definition) is 2. The lowest BCUT2D eigenvalue weighted by molar-refractivity contribution is 0.102. The van der Waals surface area contributed by atoms with Crippen LogP contribution >= 0.6 is 0 Å². The fourth-order valence-electron chi connectivity index (χ4n) is 2.59. The van der Waals surface area contributed by atoms with E-state index in [9.17, 15) is 4.79 Å². The van der Waals surface area contributed by atoms with Gasteiger partial charge in [-0.3, -0.25) is 9.89 Å². The molecule has 2 N–H and O–H groups in total. The SMILES string of the molecule is Cc1ccc(Cn2nccc2NC(=O)c2n[nH]c3ccccc23)o1. The van der Waals surface area contributed by atoms with Crippen molar-refractivity contribution in [3.05, 3.63) is 65.9 Å². The number of para-hydroxylation sites is 1. The lowest BCUT2D eigenvalue weighted by Gasteiger charge is -2.07. The molecule has 0 saturated carbocycles. The third-order valence-corrected chi connectivity index (χ3v) is 3.75. The zero-order valence-electron chi connectivity index (χ0n) is 13.0. The van der Waals surface area contributed by atoms with Crippen LogP contribution in [0.15, 0.2) is 53.1 Å². The lowest BCUT2D eigenvalue weighted by atomic mass is 10.2. The van der Waals surface area contributed by atoms with E-state index < -0.39 is 0 Å². The molecule has 1 amide bonds. The van der Waals surface area contributed by atoms with Crippen LogP contribution in [0.2, 0.25) is 0 Å². The average molecular weight is 321 g/mol. The Labute approximate surface area is 137 Å². The minimum absolute atomic E-state index is 0.287. The molecule has 0 aliphatic heterocycles. The van der Waals surface area contributed by atoms with E-state index in [0.717, 1.165) is 22.4 Å². The Hall–Kier alpha value is -3.35. The normalized spacial score (nSPS) is 11.0. The van der Waals surface area contributed by atoms with Gasteiger partial charge >= 0.3 is 0 Å². The van der Waals surface area contributed by atoms with Gasteiger partial charge in [-0.2, -0.15) is 10.2 Å². The summed E-state index contributed by atoms with van der Waals surface area (Å²) in [4.78, 5) is 12.5. The number of aromatic nitrogens is 4. The zero-order chi connectivity index (χ0) is 16.5. The summed E-state index contributed by atoms with van der Waals surface area (Å²) in [5.74, 6) is 1.91. The molecule has 3 heterocycles. The fourth-order valence-corrected chi connectivity index (χ4v) is 2.59. The Bertz CT molecular complexity index is 1010. The summed E-state index contributed by atoms with van der Waals surface area (Å²) in [7, 11) is 0. The van der Waals surface area contributed by atoms with Crippen LogP contribution in [0.3, 0.4) is 0 Å². The number of benzene rings is 1. The first-order chi connectivity index (χ1) is 11.7. The molecule has 4 rings (SSSR count). The molecule has 7 nitrogen and oxygen atoms in total. The van der Waals surface area contributed by atoms with E-state index in [0.29, 0.717) is 18.1 Å². The van der Waals surface area contributed by atoms with Gasteiger partial charge in [-0.1, -0.05) is 18.2 Å². The highest BCUT2D eigenvalue weighted by molar-refractivity contribution is 6.10. The van der Waals surface area contributed by atoms with Gasteiger partial charge in [-0.25, -0.2) is 4.68 Å². The van der Waals surface area contributed by atoms with Gasteiger partial charge < -0.3 is 9.73 Å². The number of aryl methyl sites for hydroxylation is 1. The number of anilines is 1. The molecule has 0 spiro atoms. The summed E-state index contributed by atoms with van der Waals surface area (Å²) in [6, 6.07) is 13.0. The van der Waals surface area contributed by atoms with Gasteiger partial charge in [-0.05, 0) is 25.1 Å². The van der Waals surface area contributed by atoms with Crippen molar-refractivity contribution in [3.8, 4) is 0 Å². The smallest absolute Gasteiger partial charge is 0.277 e. The highest BCUT2D eigenvalue weighted by Gasteiger charge is 2.16. The molecular formula is C17H15N5O2. The minimum atomic E-state index is -0.287. The first-order valence-corrected chi connectivity index (χ1v) is 7.52. The van der Waals surface area contributed by atoms with E-state index >= 15 is 0 Å². The summed E-state index contributed by atoms with van der Waals surface area (Å²) in [5, 5.41) is 14.8. The van der Waals surface area contributed by atoms with Gasteiger partial charge in [0, 0.05) is 11.5 Å².